The van der Waals surface area contributed by atoms with E-state index in [1.807, 2.05) is 31.2 Å². The first-order chi connectivity index (χ1) is 24.5. The van der Waals surface area contributed by atoms with E-state index in [2.05, 4.69) is 180 Å². The van der Waals surface area contributed by atoms with Crippen molar-refractivity contribution in [2.75, 3.05) is 10.2 Å². The Morgan fingerprint density at radius 3 is 1.40 bits per heavy atom. The number of hydrogen-bond acceptors (Lipinski definition) is 2. The van der Waals surface area contributed by atoms with Crippen molar-refractivity contribution >= 4 is 28.4 Å². The Hall–Kier alpha value is -4.30. The van der Waals surface area contributed by atoms with E-state index in [9.17, 15) is 0 Å². The van der Waals surface area contributed by atoms with Crippen molar-refractivity contribution in [1.29, 1.82) is 0 Å². The topological polar surface area (TPSA) is 15.3 Å². The van der Waals surface area contributed by atoms with Gasteiger partial charge in [-0.3, -0.25) is 0 Å². The molecular weight excluding hydrogens is 629 g/mol. The number of nitrogens with zero attached hydrogens (tertiary/aromatic N) is 1. The summed E-state index contributed by atoms with van der Waals surface area (Å²) in [4.78, 5) is 2.40. The van der Waals surface area contributed by atoms with Gasteiger partial charge in [0.05, 0.1) is 5.69 Å². The number of benzene rings is 4. The third-order valence-electron chi connectivity index (χ3n) is 9.17. The van der Waals surface area contributed by atoms with E-state index >= 15 is 0 Å². The van der Waals surface area contributed by atoms with Crippen molar-refractivity contribution in [3.05, 3.63) is 149 Å². The molecule has 0 atom stereocenters. The van der Waals surface area contributed by atoms with Gasteiger partial charge in [0.15, 0.2) is 0 Å². The molecular formula is C50H70N2. The zero-order valence-electron chi connectivity index (χ0n) is 35.3. The van der Waals surface area contributed by atoms with Gasteiger partial charge in [0.25, 0.3) is 0 Å². The number of allylic oxidation sites excluding steroid dienone is 5. The largest absolute Gasteiger partial charge is 0.355 e. The Kier molecular flexibility index (Phi) is 17.4. The van der Waals surface area contributed by atoms with Gasteiger partial charge in [-0.2, -0.15) is 0 Å². The van der Waals surface area contributed by atoms with Gasteiger partial charge in [0.2, 0.25) is 0 Å². The summed E-state index contributed by atoms with van der Waals surface area (Å²) >= 11 is 0. The SMILES string of the molecule is C=C/C=C\C=C/C.CCCCCC.Cc1ccc(N(c2ccc(Nc3c(C)cc(C(C)(C)C)cc3C)cc2)c2c(C)cc(C(C)(C)C)cc2C)cc1. The molecule has 0 aliphatic heterocycles. The Bertz CT molecular complexity index is 1690. The van der Waals surface area contributed by atoms with Crippen molar-refractivity contribution in [3.8, 4) is 0 Å². The molecule has 0 amide bonds. The molecule has 280 valence electrons. The lowest BCUT2D eigenvalue weighted by Crippen LogP contribution is -2.16. The van der Waals surface area contributed by atoms with Crippen molar-refractivity contribution in [3.63, 3.8) is 0 Å². The Morgan fingerprint density at radius 1 is 0.596 bits per heavy atom. The average Bonchev–Trinajstić information content (AvgIpc) is 3.08. The molecule has 0 saturated carbocycles. The van der Waals surface area contributed by atoms with E-state index < -0.39 is 0 Å². The summed E-state index contributed by atoms with van der Waals surface area (Å²) in [6, 6.07) is 27.0. The third kappa shape index (κ3) is 13.4. The van der Waals surface area contributed by atoms with Gasteiger partial charge in [-0.05, 0) is 122 Å². The molecule has 4 rings (SSSR count). The number of hydrogen-bond donors (Lipinski definition) is 1. The number of anilines is 5. The van der Waals surface area contributed by atoms with Crippen molar-refractivity contribution < 1.29 is 0 Å². The van der Waals surface area contributed by atoms with E-state index in [1.54, 1.807) is 6.08 Å². The van der Waals surface area contributed by atoms with Crippen LogP contribution in [0.2, 0.25) is 0 Å². The lowest BCUT2D eigenvalue weighted by atomic mass is 9.84. The summed E-state index contributed by atoms with van der Waals surface area (Å²) in [6.45, 7) is 34.6. The second kappa shape index (κ2) is 20.7. The number of aryl methyl sites for hydroxylation is 5. The Labute approximate surface area is 319 Å². The molecule has 0 heterocycles. The van der Waals surface area contributed by atoms with Crippen LogP contribution in [0.3, 0.4) is 0 Å². The van der Waals surface area contributed by atoms with Gasteiger partial charge in [0.1, 0.15) is 0 Å². The summed E-state index contributed by atoms with van der Waals surface area (Å²) in [5.74, 6) is 0. The van der Waals surface area contributed by atoms with Crippen LogP contribution in [0.4, 0.5) is 28.4 Å². The van der Waals surface area contributed by atoms with Gasteiger partial charge >= 0.3 is 0 Å². The Balaban J connectivity index is 0.000000614. The van der Waals surface area contributed by atoms with Crippen LogP contribution in [0, 0.1) is 34.6 Å². The van der Waals surface area contributed by atoms with Crippen LogP contribution < -0.4 is 10.2 Å². The van der Waals surface area contributed by atoms with Crippen molar-refractivity contribution in [2.45, 2.75) is 133 Å². The molecule has 1 N–H and O–H groups in total. The highest BCUT2D eigenvalue weighted by Crippen LogP contribution is 2.41. The quantitative estimate of drug-likeness (QED) is 0.131. The van der Waals surface area contributed by atoms with Crippen LogP contribution in [0.25, 0.3) is 0 Å². The summed E-state index contributed by atoms with van der Waals surface area (Å²) in [5, 5.41) is 3.70. The van der Waals surface area contributed by atoms with E-state index in [0.717, 1.165) is 11.4 Å². The number of rotatable bonds is 10. The molecule has 0 aliphatic carbocycles. The second-order valence-corrected chi connectivity index (χ2v) is 16.1. The molecule has 0 spiro atoms. The standard InChI is InChI=1S/C37H46N2.C7H10.C6H14/c1-24-12-16-32(17-13-24)39(35-27(4)22-30(23-28(35)5)37(9,10)11)33-18-14-31(15-19-33)38-34-25(2)20-29(21-26(34)3)36(6,7)8;1-3-5-7-6-4-2;1-3-5-6-4-2/h12-23,38H,1-11H3;3-7H,1H2,2H3;3-6H2,1-2H3/b;6-4-,7-5-;. The molecule has 4 aromatic carbocycles. The zero-order chi connectivity index (χ0) is 39.1. The minimum Gasteiger partial charge on any atom is -0.355 e. The molecule has 0 aliphatic rings. The molecule has 2 heteroatoms. The minimum atomic E-state index is 0.109. The predicted octanol–water partition coefficient (Wildman–Crippen LogP) is 15.9. The lowest BCUT2D eigenvalue weighted by molar-refractivity contribution is 0.589. The Morgan fingerprint density at radius 2 is 1.02 bits per heavy atom. The first-order valence-electron chi connectivity index (χ1n) is 19.4. The summed E-state index contributed by atoms with van der Waals surface area (Å²) in [7, 11) is 0. The molecule has 52 heavy (non-hydrogen) atoms. The number of unbranched alkanes of at least 4 members (excludes halogenated alkanes) is 3. The van der Waals surface area contributed by atoms with Crippen LogP contribution in [0.15, 0.2) is 110 Å². The van der Waals surface area contributed by atoms with Gasteiger partial charge in [0, 0.05) is 22.7 Å². The third-order valence-corrected chi connectivity index (χ3v) is 9.17. The molecule has 0 fully saturated rings. The molecule has 4 aromatic rings. The molecule has 0 saturated heterocycles. The van der Waals surface area contributed by atoms with E-state index in [1.165, 1.54) is 81.7 Å². The fraction of sp³-hybridized carbons (Fsp3) is 0.400. The van der Waals surface area contributed by atoms with Crippen LogP contribution >= 0.6 is 0 Å². The van der Waals surface area contributed by atoms with Gasteiger partial charge in [-0.1, -0.05) is 160 Å². The summed E-state index contributed by atoms with van der Waals surface area (Å²) < 4.78 is 0. The molecule has 0 unspecified atom stereocenters. The van der Waals surface area contributed by atoms with Gasteiger partial charge in [-0.25, -0.2) is 0 Å². The number of nitrogens with one attached hydrogen (secondary N) is 1. The average molecular weight is 699 g/mol. The van der Waals surface area contributed by atoms with E-state index in [-0.39, 0.29) is 10.8 Å². The highest BCUT2D eigenvalue weighted by atomic mass is 15.1. The molecule has 0 bridgehead atoms. The van der Waals surface area contributed by atoms with Gasteiger partial charge in [-0.15, -0.1) is 0 Å². The maximum atomic E-state index is 3.70. The minimum absolute atomic E-state index is 0.109. The van der Waals surface area contributed by atoms with E-state index in [4.69, 9.17) is 0 Å². The fourth-order valence-corrected chi connectivity index (χ4v) is 6.03. The zero-order valence-corrected chi connectivity index (χ0v) is 35.3. The second-order valence-electron chi connectivity index (χ2n) is 16.1. The van der Waals surface area contributed by atoms with Crippen LogP contribution in [-0.2, 0) is 10.8 Å². The summed E-state index contributed by atoms with van der Waals surface area (Å²) in [6.07, 6.45) is 15.0. The molecule has 0 aromatic heterocycles. The van der Waals surface area contributed by atoms with Gasteiger partial charge < -0.3 is 10.2 Å². The highest BCUT2D eigenvalue weighted by Gasteiger charge is 2.22. The maximum absolute atomic E-state index is 3.70. The van der Waals surface area contributed by atoms with Crippen LogP contribution in [-0.4, -0.2) is 0 Å². The first kappa shape index (κ1) is 43.9. The van der Waals surface area contributed by atoms with Crippen molar-refractivity contribution in [1.82, 2.24) is 0 Å². The smallest absolute Gasteiger partial charge is 0.0520 e. The predicted molar refractivity (Wildman–Crippen MR) is 236 cm³/mol. The maximum Gasteiger partial charge on any atom is 0.0520 e. The van der Waals surface area contributed by atoms with Crippen LogP contribution in [0.1, 0.15) is 127 Å². The van der Waals surface area contributed by atoms with E-state index in [0.29, 0.717) is 0 Å². The fourth-order valence-electron chi connectivity index (χ4n) is 6.03. The van der Waals surface area contributed by atoms with Crippen LogP contribution in [0.5, 0.6) is 0 Å². The molecule has 2 nitrogen and oxygen atoms in total. The monoisotopic (exact) mass is 699 g/mol. The lowest BCUT2D eigenvalue weighted by Gasteiger charge is -2.31. The highest BCUT2D eigenvalue weighted by molar-refractivity contribution is 5.82. The summed E-state index contributed by atoms with van der Waals surface area (Å²) in [5.41, 5.74) is 15.2. The molecule has 0 radical (unpaired) electrons. The van der Waals surface area contributed by atoms with Crippen molar-refractivity contribution in [2.24, 2.45) is 0 Å². The first-order valence-corrected chi connectivity index (χ1v) is 19.4. The normalized spacial score (nSPS) is 11.5.